The van der Waals surface area contributed by atoms with Crippen molar-refractivity contribution in [3.63, 3.8) is 0 Å². The maximum absolute atomic E-state index is 13.3. The highest BCUT2D eigenvalue weighted by molar-refractivity contribution is 5.29. The second-order valence-corrected chi connectivity index (χ2v) is 5.86. The number of nitrogens with one attached hydrogen (secondary N) is 1. The van der Waals surface area contributed by atoms with Gasteiger partial charge in [0.25, 0.3) is 0 Å². The molecule has 0 radical (unpaired) electrons. The van der Waals surface area contributed by atoms with E-state index in [2.05, 4.69) is 26.1 Å². The van der Waals surface area contributed by atoms with E-state index in [0.717, 1.165) is 37.4 Å². The van der Waals surface area contributed by atoms with Gasteiger partial charge >= 0.3 is 0 Å². The van der Waals surface area contributed by atoms with Crippen LogP contribution >= 0.6 is 0 Å². The number of hydrogen-bond donors (Lipinski definition) is 1. The molecule has 0 aliphatic heterocycles. The molecular formula is C16H23F2N. The van der Waals surface area contributed by atoms with Gasteiger partial charge in [0.1, 0.15) is 11.6 Å². The van der Waals surface area contributed by atoms with Crippen LogP contribution in [0.15, 0.2) is 18.2 Å². The minimum Gasteiger partial charge on any atom is -0.313 e. The first-order valence-corrected chi connectivity index (χ1v) is 7.20. The summed E-state index contributed by atoms with van der Waals surface area (Å²) < 4.78 is 26.7. The monoisotopic (exact) mass is 267 g/mol. The van der Waals surface area contributed by atoms with Crippen molar-refractivity contribution in [1.82, 2.24) is 5.32 Å². The second-order valence-electron chi connectivity index (χ2n) is 5.86. The summed E-state index contributed by atoms with van der Waals surface area (Å²) in [5.74, 6) is -0.700. The number of halogens is 2. The molecule has 1 aliphatic rings. The van der Waals surface area contributed by atoms with E-state index in [1.807, 2.05) is 0 Å². The van der Waals surface area contributed by atoms with Crippen LogP contribution in [0.1, 0.15) is 51.5 Å². The lowest BCUT2D eigenvalue weighted by Crippen LogP contribution is -2.56. The van der Waals surface area contributed by atoms with Crippen LogP contribution < -0.4 is 5.32 Å². The summed E-state index contributed by atoms with van der Waals surface area (Å²) >= 11 is 0. The zero-order chi connectivity index (χ0) is 14.0. The van der Waals surface area contributed by atoms with Gasteiger partial charge < -0.3 is 5.32 Å². The molecular weight excluding hydrogens is 244 g/mol. The third kappa shape index (κ3) is 2.66. The molecule has 0 heterocycles. The van der Waals surface area contributed by atoms with Crippen molar-refractivity contribution in [2.45, 2.75) is 52.0 Å². The lowest BCUT2D eigenvalue weighted by Gasteiger charge is -2.55. The van der Waals surface area contributed by atoms with Crippen LogP contribution in [-0.4, -0.2) is 12.6 Å². The Bertz CT molecular complexity index is 426. The average Bonchev–Trinajstić information content (AvgIpc) is 2.35. The van der Waals surface area contributed by atoms with Crippen molar-refractivity contribution in [2.75, 3.05) is 6.54 Å². The second kappa shape index (κ2) is 5.58. The lowest BCUT2D eigenvalue weighted by atomic mass is 9.54. The Hall–Kier alpha value is -0.960. The summed E-state index contributed by atoms with van der Waals surface area (Å²) in [5, 5.41) is 3.55. The molecule has 2 rings (SSSR count). The van der Waals surface area contributed by atoms with E-state index < -0.39 is 11.6 Å². The van der Waals surface area contributed by atoms with E-state index in [4.69, 9.17) is 0 Å². The molecule has 0 saturated heterocycles. The van der Waals surface area contributed by atoms with E-state index in [1.54, 1.807) is 0 Å². The van der Waals surface area contributed by atoms with Crippen molar-refractivity contribution in [1.29, 1.82) is 0 Å². The van der Waals surface area contributed by atoms with Gasteiger partial charge in [-0.15, -0.1) is 0 Å². The van der Waals surface area contributed by atoms with Gasteiger partial charge in [-0.1, -0.05) is 20.8 Å². The summed E-state index contributed by atoms with van der Waals surface area (Å²) in [5.41, 5.74) is 0.895. The van der Waals surface area contributed by atoms with Crippen LogP contribution in [0.4, 0.5) is 8.78 Å². The molecule has 19 heavy (non-hydrogen) atoms. The molecule has 0 spiro atoms. The number of hydrogen-bond acceptors (Lipinski definition) is 1. The summed E-state index contributed by atoms with van der Waals surface area (Å²) in [6.45, 7) is 7.53. The van der Waals surface area contributed by atoms with Crippen LogP contribution in [0.25, 0.3) is 0 Å². The first-order valence-electron chi connectivity index (χ1n) is 7.20. The fraction of sp³-hybridized carbons (Fsp3) is 0.625. The maximum Gasteiger partial charge on any atom is 0.126 e. The first kappa shape index (κ1) is 14.4. The molecule has 0 aromatic heterocycles. The third-order valence-corrected chi connectivity index (χ3v) is 4.75. The fourth-order valence-corrected chi connectivity index (χ4v) is 3.28. The molecule has 1 aliphatic carbocycles. The summed E-state index contributed by atoms with van der Waals surface area (Å²) in [6, 6.07) is 4.36. The van der Waals surface area contributed by atoms with Gasteiger partial charge in [-0.25, -0.2) is 8.78 Å². The highest BCUT2D eigenvalue weighted by atomic mass is 19.1. The third-order valence-electron chi connectivity index (χ3n) is 4.75. The highest BCUT2D eigenvalue weighted by Gasteiger charge is 2.50. The Labute approximate surface area is 114 Å². The Morgan fingerprint density at radius 2 is 1.84 bits per heavy atom. The van der Waals surface area contributed by atoms with Crippen LogP contribution in [-0.2, 0) is 0 Å². The van der Waals surface area contributed by atoms with E-state index in [9.17, 15) is 8.78 Å². The van der Waals surface area contributed by atoms with Crippen molar-refractivity contribution in [3.8, 4) is 0 Å². The van der Waals surface area contributed by atoms with Gasteiger partial charge in [0.2, 0.25) is 0 Å². The zero-order valence-electron chi connectivity index (χ0n) is 12.0. The van der Waals surface area contributed by atoms with Crippen LogP contribution in [0.2, 0.25) is 0 Å². The van der Waals surface area contributed by atoms with E-state index >= 15 is 0 Å². The number of benzene rings is 1. The van der Waals surface area contributed by atoms with Gasteiger partial charge in [0.05, 0.1) is 0 Å². The predicted molar refractivity (Wildman–Crippen MR) is 74.2 cm³/mol. The van der Waals surface area contributed by atoms with Gasteiger partial charge in [0, 0.05) is 12.1 Å². The van der Waals surface area contributed by atoms with E-state index in [-0.39, 0.29) is 11.3 Å². The minimum atomic E-state index is -0.474. The molecule has 3 unspecified atom stereocenters. The van der Waals surface area contributed by atoms with Crippen molar-refractivity contribution < 1.29 is 8.78 Å². The Balaban J connectivity index is 2.17. The molecule has 3 heteroatoms. The Kier molecular flexibility index (Phi) is 4.24. The van der Waals surface area contributed by atoms with Crippen LogP contribution in [0.5, 0.6) is 0 Å². The van der Waals surface area contributed by atoms with Crippen LogP contribution in [0.3, 0.4) is 0 Å². The van der Waals surface area contributed by atoms with Gasteiger partial charge in [0.15, 0.2) is 0 Å². The average molecular weight is 267 g/mol. The van der Waals surface area contributed by atoms with Gasteiger partial charge in [-0.2, -0.15) is 0 Å². The normalized spacial score (nSPS) is 30.2. The molecule has 106 valence electrons. The smallest absolute Gasteiger partial charge is 0.126 e. The molecule has 1 N–H and O–H groups in total. The molecule has 1 nitrogen and oxygen atoms in total. The van der Waals surface area contributed by atoms with Crippen LogP contribution in [0, 0.1) is 17.0 Å². The summed E-state index contributed by atoms with van der Waals surface area (Å²) in [7, 11) is 0. The summed E-state index contributed by atoms with van der Waals surface area (Å²) in [6.07, 6.45) is 3.08. The first-order chi connectivity index (χ1) is 9.01. The van der Waals surface area contributed by atoms with Gasteiger partial charge in [-0.3, -0.25) is 0 Å². The Morgan fingerprint density at radius 3 is 2.37 bits per heavy atom. The van der Waals surface area contributed by atoms with E-state index in [0.29, 0.717) is 6.04 Å². The van der Waals surface area contributed by atoms with Crippen molar-refractivity contribution in [3.05, 3.63) is 35.4 Å². The molecule has 1 aromatic carbocycles. The molecule has 1 aromatic rings. The minimum absolute atomic E-state index is 0.0927. The topological polar surface area (TPSA) is 12.0 Å². The largest absolute Gasteiger partial charge is 0.313 e. The molecule has 1 fully saturated rings. The Morgan fingerprint density at radius 1 is 1.21 bits per heavy atom. The molecule has 3 atom stereocenters. The predicted octanol–water partition coefficient (Wildman–Crippen LogP) is 4.24. The lowest BCUT2D eigenvalue weighted by molar-refractivity contribution is 0.0442. The number of rotatable bonds is 5. The van der Waals surface area contributed by atoms with E-state index in [1.165, 1.54) is 12.1 Å². The molecule has 0 amide bonds. The highest BCUT2D eigenvalue weighted by Crippen LogP contribution is 2.55. The molecule has 1 saturated carbocycles. The summed E-state index contributed by atoms with van der Waals surface area (Å²) in [4.78, 5) is 0. The SMILES string of the molecule is CCCNC1CC(c2cc(F)cc(F)c2)C1(C)CC. The fourth-order valence-electron chi connectivity index (χ4n) is 3.28. The maximum atomic E-state index is 13.3. The van der Waals surface area contributed by atoms with Crippen molar-refractivity contribution in [2.24, 2.45) is 5.41 Å². The quantitative estimate of drug-likeness (QED) is 0.841. The van der Waals surface area contributed by atoms with Crippen molar-refractivity contribution >= 4 is 0 Å². The standard InChI is InChI=1S/C16H23F2N/c1-4-6-19-15-10-14(16(15,3)5-2)11-7-12(17)9-13(18)8-11/h7-9,14-15,19H,4-6,10H2,1-3H3. The molecule has 0 bridgehead atoms. The zero-order valence-corrected chi connectivity index (χ0v) is 12.0. The van der Waals surface area contributed by atoms with Gasteiger partial charge in [-0.05, 0) is 54.8 Å².